The molecule has 3 N–H and O–H groups in total. The number of fused-ring (bicyclic) bond motifs is 2. The van der Waals surface area contributed by atoms with Gasteiger partial charge in [0.2, 0.25) is 0 Å². The molecule has 7 atom stereocenters. The first-order valence-electron chi connectivity index (χ1n) is 27.5. The standard InChI is InChI=1S/C55H83N9O9Si/c1-10-63-44-14-13-38(24-41(44)43(26-54(3,4)32-65)49(63)42-25-39(27-56-46(42)35(2)69-5)60-17-15-59(16-18-60)37-11-12-37)61-19-20-72-45(29-61)50(62-30-55(31-62)33-71-34-55)48(57-53(68)73-21-22-74(7,8)9)51(66)64-28-36-23-40(36)47(58-64)52(67)70-6/h13-14,24-25,27,35-37,40,45,47-48,50,58,65H,10-12,15-23,26,28-34H2,1-9H3,(H,57,68)/t35-,36?,40?,45+,47-,48-,50+/m0/s1. The van der Waals surface area contributed by atoms with Gasteiger partial charge in [0, 0.05) is 121 Å². The largest absolute Gasteiger partial charge is 0.468 e. The number of hydrogen-bond donors (Lipinski definition) is 3. The van der Waals surface area contributed by atoms with Crippen molar-refractivity contribution >= 4 is 48.3 Å². The third-order valence-corrected chi connectivity index (χ3v) is 18.9. The Labute approximate surface area is 438 Å². The van der Waals surface area contributed by atoms with Crippen LogP contribution in [-0.4, -0.2) is 192 Å². The molecule has 2 amide bonds. The van der Waals surface area contributed by atoms with Gasteiger partial charge < -0.3 is 48.5 Å². The highest BCUT2D eigenvalue weighted by molar-refractivity contribution is 6.76. The molecule has 2 unspecified atom stereocenters. The molecule has 1 spiro atoms. The van der Waals surface area contributed by atoms with Gasteiger partial charge in [-0.2, -0.15) is 0 Å². The molecule has 5 saturated heterocycles. The lowest BCUT2D eigenvalue weighted by atomic mass is 9.75. The number of hydrogen-bond acceptors (Lipinski definition) is 15. The summed E-state index contributed by atoms with van der Waals surface area (Å²) in [4.78, 5) is 57.1. The number of amides is 2. The second kappa shape index (κ2) is 21.2. The maximum atomic E-state index is 15.2. The molecular formula is C55H83N9O9Si. The zero-order valence-electron chi connectivity index (χ0n) is 45.5. The van der Waals surface area contributed by atoms with Crippen LogP contribution < -0.4 is 20.5 Å². The maximum Gasteiger partial charge on any atom is 0.407 e. The minimum absolute atomic E-state index is 0.00641. The number of rotatable bonds is 19. The van der Waals surface area contributed by atoms with Gasteiger partial charge in [-0.15, -0.1) is 0 Å². The van der Waals surface area contributed by atoms with Gasteiger partial charge in [-0.05, 0) is 92.7 Å². The topological polar surface area (TPSA) is 176 Å². The Morgan fingerprint density at radius 1 is 1.01 bits per heavy atom. The van der Waals surface area contributed by atoms with E-state index in [1.54, 1.807) is 7.11 Å². The molecule has 7 fully saturated rings. The third kappa shape index (κ3) is 11.0. The average Bonchev–Trinajstić information content (AvgIpc) is 4.32. The van der Waals surface area contributed by atoms with E-state index in [9.17, 15) is 14.7 Å². The summed E-state index contributed by atoms with van der Waals surface area (Å²) in [6, 6.07) is 8.29. The maximum absolute atomic E-state index is 15.2. The minimum Gasteiger partial charge on any atom is -0.468 e. The smallest absolute Gasteiger partial charge is 0.407 e. The number of anilines is 2. The van der Waals surface area contributed by atoms with E-state index >= 15 is 4.79 Å². The Hall–Kier alpha value is -4.34. The monoisotopic (exact) mass is 1040 g/mol. The normalized spacial score (nSPS) is 25.5. The Morgan fingerprint density at radius 3 is 2.42 bits per heavy atom. The number of likely N-dealkylation sites (tertiary alicyclic amines) is 1. The van der Waals surface area contributed by atoms with E-state index in [4.69, 9.17) is 28.7 Å². The van der Waals surface area contributed by atoms with Gasteiger partial charge in [-0.25, -0.2) is 10.2 Å². The minimum atomic E-state index is -1.54. The fourth-order valence-corrected chi connectivity index (χ4v) is 13.1. The van der Waals surface area contributed by atoms with Gasteiger partial charge in [0.15, 0.2) is 0 Å². The molecule has 2 aliphatic carbocycles. The van der Waals surface area contributed by atoms with Crippen LogP contribution in [0.5, 0.6) is 0 Å². The molecule has 3 aromatic rings. The predicted octanol–water partition coefficient (Wildman–Crippen LogP) is 5.14. The van der Waals surface area contributed by atoms with Crippen LogP contribution in [0.3, 0.4) is 0 Å². The summed E-state index contributed by atoms with van der Waals surface area (Å²) in [5, 5.41) is 16.6. The molecule has 2 saturated carbocycles. The number of benzene rings is 1. The highest BCUT2D eigenvalue weighted by Gasteiger charge is 2.58. The number of aliphatic hydroxyl groups excluding tert-OH is 1. The summed E-state index contributed by atoms with van der Waals surface area (Å²) in [5.41, 5.74) is 10.2. The molecule has 74 heavy (non-hydrogen) atoms. The van der Waals surface area contributed by atoms with E-state index in [-0.39, 0.29) is 42.5 Å². The van der Waals surface area contributed by atoms with Crippen LogP contribution in [-0.2, 0) is 46.2 Å². The van der Waals surface area contributed by atoms with E-state index in [0.29, 0.717) is 59.0 Å². The van der Waals surface area contributed by atoms with Gasteiger partial charge in [0.25, 0.3) is 5.91 Å². The lowest BCUT2D eigenvalue weighted by Gasteiger charge is -2.59. The van der Waals surface area contributed by atoms with Crippen molar-refractivity contribution < 1.29 is 43.2 Å². The number of alkyl carbamates (subject to hydrolysis) is 1. The van der Waals surface area contributed by atoms with Crippen molar-refractivity contribution in [1.29, 1.82) is 0 Å². The molecular weight excluding hydrogens is 959 g/mol. The summed E-state index contributed by atoms with van der Waals surface area (Å²) in [6.07, 6.45) is 4.66. The van der Waals surface area contributed by atoms with E-state index < -0.39 is 49.8 Å². The molecule has 1 aromatic carbocycles. The van der Waals surface area contributed by atoms with Crippen LogP contribution in [0.25, 0.3) is 22.2 Å². The number of esters is 1. The van der Waals surface area contributed by atoms with Crippen LogP contribution in [0.4, 0.5) is 16.2 Å². The summed E-state index contributed by atoms with van der Waals surface area (Å²) >= 11 is 0. The number of hydrazine groups is 1. The highest BCUT2D eigenvalue weighted by atomic mass is 28.3. The number of aliphatic hydroxyl groups is 1. The number of pyridine rings is 1. The van der Waals surface area contributed by atoms with E-state index in [2.05, 4.69) is 107 Å². The molecule has 406 valence electrons. The second-order valence-corrected chi connectivity index (χ2v) is 30.2. The zero-order chi connectivity index (χ0) is 52.3. The Kier molecular flexibility index (Phi) is 15.2. The number of nitrogens with zero attached hydrogens (tertiary/aromatic N) is 7. The van der Waals surface area contributed by atoms with Crippen LogP contribution in [0, 0.1) is 22.7 Å². The average molecular weight is 1040 g/mol. The Bertz CT molecular complexity index is 2530. The van der Waals surface area contributed by atoms with Gasteiger partial charge >= 0.3 is 12.1 Å². The molecule has 19 heteroatoms. The fourth-order valence-electron chi connectivity index (χ4n) is 12.4. The molecule has 5 aliphatic heterocycles. The summed E-state index contributed by atoms with van der Waals surface area (Å²) in [7, 11) is 1.57. The lowest BCUT2D eigenvalue weighted by Crippen LogP contribution is -2.76. The van der Waals surface area contributed by atoms with Gasteiger partial charge in [-0.1, -0.05) is 33.5 Å². The summed E-state index contributed by atoms with van der Waals surface area (Å²) in [5.74, 6) is -0.494. The molecule has 10 rings (SSSR count). The van der Waals surface area contributed by atoms with Crippen LogP contribution in [0.1, 0.15) is 64.3 Å². The number of carbonyl (C=O) groups is 3. The number of aryl methyl sites for hydroxylation is 1. The van der Waals surface area contributed by atoms with Crippen molar-refractivity contribution in [2.75, 3.05) is 116 Å². The van der Waals surface area contributed by atoms with Crippen LogP contribution in [0.15, 0.2) is 30.5 Å². The van der Waals surface area contributed by atoms with Crippen molar-refractivity contribution in [3.05, 3.63) is 41.7 Å². The molecule has 2 aromatic heterocycles. The molecule has 18 nitrogen and oxygen atoms in total. The number of piperazine rings is 1. The van der Waals surface area contributed by atoms with Crippen molar-refractivity contribution in [3.8, 4) is 11.3 Å². The fraction of sp³-hybridized carbons (Fsp3) is 0.709. The van der Waals surface area contributed by atoms with E-state index in [1.165, 1.54) is 25.0 Å². The predicted molar refractivity (Wildman–Crippen MR) is 287 cm³/mol. The third-order valence-electron chi connectivity index (χ3n) is 17.2. The first kappa shape index (κ1) is 53.1. The van der Waals surface area contributed by atoms with Gasteiger partial charge in [0.1, 0.15) is 12.1 Å². The van der Waals surface area contributed by atoms with Crippen molar-refractivity contribution in [3.63, 3.8) is 0 Å². The van der Waals surface area contributed by atoms with Crippen molar-refractivity contribution in [2.24, 2.45) is 22.7 Å². The van der Waals surface area contributed by atoms with Crippen LogP contribution >= 0.6 is 0 Å². The first-order chi connectivity index (χ1) is 35.4. The second-order valence-electron chi connectivity index (χ2n) is 24.6. The molecule has 0 bridgehead atoms. The van der Waals surface area contributed by atoms with Gasteiger partial charge in [-0.3, -0.25) is 29.4 Å². The first-order valence-corrected chi connectivity index (χ1v) is 31.2. The SMILES string of the molecule is CCn1c(-c2cc(N3CCN(C4CC4)CC3)cnc2[C@H](C)OC)c(CC(C)(C)CO)c2cc(N3CCO[C@@H]([C@H]([C@H](NC(=O)OCC[Si](C)(C)C)C(=O)N4CC5CC5[C@@H](C(=O)OC)N4)N4CC5(COC5)C4)C3)ccc21. The van der Waals surface area contributed by atoms with E-state index in [1.807, 2.05) is 6.20 Å². The number of carbonyl (C=O) groups excluding carboxylic acids is 3. The molecule has 7 aliphatic rings. The number of nitrogens with one attached hydrogen (secondary N) is 2. The molecule has 7 heterocycles. The van der Waals surface area contributed by atoms with Crippen molar-refractivity contribution in [2.45, 2.75) is 122 Å². The quantitative estimate of drug-likeness (QED) is 0.106. The van der Waals surface area contributed by atoms with E-state index in [0.717, 1.165) is 96.0 Å². The van der Waals surface area contributed by atoms with Gasteiger partial charge in [0.05, 0.1) is 75.1 Å². The number of morpholine rings is 1. The zero-order valence-corrected chi connectivity index (χ0v) is 46.5. The lowest BCUT2D eigenvalue weighted by molar-refractivity contribution is -0.212. The number of ether oxygens (including phenoxy) is 5. The van der Waals surface area contributed by atoms with Crippen molar-refractivity contribution in [1.82, 2.24) is 35.1 Å². The summed E-state index contributed by atoms with van der Waals surface area (Å²) in [6.45, 7) is 24.8. The Balaban J connectivity index is 1.00. The highest BCUT2D eigenvalue weighted by Crippen LogP contribution is 2.47. The number of methoxy groups -OCH3 is 2. The van der Waals surface area contributed by atoms with Crippen LogP contribution in [0.2, 0.25) is 25.7 Å². The number of aromatic nitrogens is 2. The molecule has 0 radical (unpaired) electrons. The summed E-state index contributed by atoms with van der Waals surface area (Å²) < 4.78 is 32.0. The Morgan fingerprint density at radius 2 is 1.77 bits per heavy atom.